The summed E-state index contributed by atoms with van der Waals surface area (Å²) in [5.41, 5.74) is 3.40. The number of carbonyl (C=O) groups is 1. The standard InChI is InChI=1S/C25H30N6O3S/c1-29-22-11-10-18(35(33,34)31-14-6-3-7-15-31)16-20(22)28-23(29)12-13-25(32)26-17-24-27-19-8-4-5-9-21(19)30(24)2/h4-5,8-11,16H,3,6-7,12-15,17H2,1-2H3,(H,26,32). The van der Waals surface area contributed by atoms with Crippen molar-refractivity contribution in [2.45, 2.75) is 43.5 Å². The number of carbonyl (C=O) groups excluding carboxylic acids is 1. The molecule has 9 nitrogen and oxygen atoms in total. The van der Waals surface area contributed by atoms with Crippen LogP contribution in [0.3, 0.4) is 0 Å². The van der Waals surface area contributed by atoms with Crippen molar-refractivity contribution in [3.63, 3.8) is 0 Å². The van der Waals surface area contributed by atoms with Crippen molar-refractivity contribution in [2.75, 3.05) is 13.1 Å². The van der Waals surface area contributed by atoms with Gasteiger partial charge in [0.2, 0.25) is 15.9 Å². The van der Waals surface area contributed by atoms with E-state index in [0.717, 1.165) is 47.5 Å². The van der Waals surface area contributed by atoms with E-state index in [9.17, 15) is 13.2 Å². The second-order valence-electron chi connectivity index (χ2n) is 9.05. The fraction of sp³-hybridized carbons (Fsp3) is 0.400. The molecule has 1 aliphatic rings. The average Bonchev–Trinajstić information content (AvgIpc) is 3.37. The van der Waals surface area contributed by atoms with Gasteiger partial charge in [-0.3, -0.25) is 4.79 Å². The number of hydrogen-bond donors (Lipinski definition) is 1. The van der Waals surface area contributed by atoms with Crippen molar-refractivity contribution in [3.05, 3.63) is 54.1 Å². The van der Waals surface area contributed by atoms with Gasteiger partial charge >= 0.3 is 0 Å². The molecule has 35 heavy (non-hydrogen) atoms. The topological polar surface area (TPSA) is 102 Å². The van der Waals surface area contributed by atoms with E-state index >= 15 is 0 Å². The van der Waals surface area contributed by atoms with Gasteiger partial charge < -0.3 is 14.5 Å². The molecule has 0 spiro atoms. The minimum absolute atomic E-state index is 0.0857. The van der Waals surface area contributed by atoms with Crippen molar-refractivity contribution in [1.82, 2.24) is 28.7 Å². The number of aryl methyl sites for hydroxylation is 3. The first-order valence-corrected chi connectivity index (χ1v) is 13.4. The third-order valence-corrected chi connectivity index (χ3v) is 8.69. The Hall–Kier alpha value is -3.24. The molecule has 0 bridgehead atoms. The lowest BCUT2D eigenvalue weighted by Crippen LogP contribution is -2.35. The Morgan fingerprint density at radius 3 is 2.37 bits per heavy atom. The smallest absolute Gasteiger partial charge is 0.243 e. The zero-order valence-electron chi connectivity index (χ0n) is 20.1. The molecule has 0 saturated carbocycles. The first kappa shape index (κ1) is 23.5. The Labute approximate surface area is 204 Å². The number of nitrogens with one attached hydrogen (secondary N) is 1. The Morgan fingerprint density at radius 1 is 0.914 bits per heavy atom. The van der Waals surface area contributed by atoms with E-state index in [-0.39, 0.29) is 17.2 Å². The molecule has 184 valence electrons. The van der Waals surface area contributed by atoms with Gasteiger partial charge in [-0.15, -0.1) is 0 Å². The molecule has 10 heteroatoms. The van der Waals surface area contributed by atoms with Crippen LogP contribution in [0.15, 0.2) is 47.4 Å². The van der Waals surface area contributed by atoms with Crippen LogP contribution >= 0.6 is 0 Å². The third kappa shape index (κ3) is 4.55. The Balaban J connectivity index is 1.25. The molecule has 3 heterocycles. The first-order valence-electron chi connectivity index (χ1n) is 12.0. The highest BCUT2D eigenvalue weighted by Crippen LogP contribution is 2.25. The minimum atomic E-state index is -3.52. The number of rotatable bonds is 7. The van der Waals surface area contributed by atoms with E-state index in [0.29, 0.717) is 31.6 Å². The molecule has 2 aromatic heterocycles. The molecule has 1 saturated heterocycles. The average molecular weight is 495 g/mol. The molecule has 1 fully saturated rings. The van der Waals surface area contributed by atoms with Crippen LogP contribution in [0.25, 0.3) is 22.1 Å². The number of hydrogen-bond acceptors (Lipinski definition) is 5. The lowest BCUT2D eigenvalue weighted by atomic mass is 10.2. The zero-order chi connectivity index (χ0) is 24.6. The molecular weight excluding hydrogens is 464 g/mol. The van der Waals surface area contributed by atoms with Crippen molar-refractivity contribution in [1.29, 1.82) is 0 Å². The Bertz CT molecular complexity index is 1500. The largest absolute Gasteiger partial charge is 0.349 e. The van der Waals surface area contributed by atoms with Gasteiger partial charge in [0.25, 0.3) is 0 Å². The molecule has 0 atom stereocenters. The number of sulfonamides is 1. The monoisotopic (exact) mass is 494 g/mol. The highest BCUT2D eigenvalue weighted by molar-refractivity contribution is 7.89. The van der Waals surface area contributed by atoms with Crippen molar-refractivity contribution in [2.24, 2.45) is 14.1 Å². The fourth-order valence-corrected chi connectivity index (χ4v) is 6.25. The predicted octanol–water partition coefficient (Wildman–Crippen LogP) is 2.88. The Morgan fingerprint density at radius 2 is 1.60 bits per heavy atom. The van der Waals surface area contributed by atoms with Crippen molar-refractivity contribution in [3.8, 4) is 0 Å². The minimum Gasteiger partial charge on any atom is -0.349 e. The number of nitrogens with zero attached hydrogens (tertiary/aromatic N) is 5. The maximum atomic E-state index is 13.0. The second kappa shape index (κ2) is 9.43. The molecule has 5 rings (SSSR count). The van der Waals surface area contributed by atoms with Crippen LogP contribution in [0.4, 0.5) is 0 Å². The summed E-state index contributed by atoms with van der Waals surface area (Å²) in [6, 6.07) is 13.0. The number of benzene rings is 2. The van der Waals surface area contributed by atoms with Crippen molar-refractivity contribution < 1.29 is 13.2 Å². The summed E-state index contributed by atoms with van der Waals surface area (Å²) in [4.78, 5) is 22.0. The van der Waals surface area contributed by atoms with Gasteiger partial charge in [-0.1, -0.05) is 18.6 Å². The van der Waals surface area contributed by atoms with E-state index in [1.165, 1.54) is 0 Å². The summed E-state index contributed by atoms with van der Waals surface area (Å²) in [5.74, 6) is 1.45. The van der Waals surface area contributed by atoms with Gasteiger partial charge in [0, 0.05) is 40.0 Å². The first-order chi connectivity index (χ1) is 16.8. The number of para-hydroxylation sites is 2. The number of amides is 1. The lowest BCUT2D eigenvalue weighted by Gasteiger charge is -2.25. The number of imidazole rings is 2. The summed E-state index contributed by atoms with van der Waals surface area (Å²) in [6.45, 7) is 1.48. The van der Waals surface area contributed by atoms with E-state index in [2.05, 4.69) is 15.3 Å². The maximum absolute atomic E-state index is 13.0. The molecule has 4 aromatic rings. The summed E-state index contributed by atoms with van der Waals surface area (Å²) in [6.07, 6.45) is 3.59. The van der Waals surface area contributed by atoms with Crippen LogP contribution in [-0.4, -0.2) is 50.8 Å². The number of fused-ring (bicyclic) bond motifs is 2. The van der Waals surface area contributed by atoms with Crippen molar-refractivity contribution >= 4 is 38.0 Å². The van der Waals surface area contributed by atoms with E-state index in [4.69, 9.17) is 0 Å². The van der Waals surface area contributed by atoms with Gasteiger partial charge in [-0.05, 0) is 43.2 Å². The van der Waals surface area contributed by atoms with Crippen LogP contribution in [0.5, 0.6) is 0 Å². The van der Waals surface area contributed by atoms with Gasteiger partial charge in [-0.2, -0.15) is 4.31 Å². The third-order valence-electron chi connectivity index (χ3n) is 6.80. The van der Waals surface area contributed by atoms with Gasteiger partial charge in [-0.25, -0.2) is 18.4 Å². The molecule has 2 aromatic carbocycles. The highest BCUT2D eigenvalue weighted by atomic mass is 32.2. The molecule has 1 aliphatic heterocycles. The van der Waals surface area contributed by atoms with Gasteiger partial charge in [0.05, 0.1) is 33.5 Å². The van der Waals surface area contributed by atoms with Crippen LogP contribution in [0.2, 0.25) is 0 Å². The summed E-state index contributed by atoms with van der Waals surface area (Å²) in [5, 5.41) is 2.95. The quantitative estimate of drug-likeness (QED) is 0.426. The highest BCUT2D eigenvalue weighted by Gasteiger charge is 2.26. The summed E-state index contributed by atoms with van der Waals surface area (Å²) >= 11 is 0. The van der Waals surface area contributed by atoms with Crippen LogP contribution in [-0.2, 0) is 41.9 Å². The van der Waals surface area contributed by atoms with Gasteiger partial charge in [0.15, 0.2) is 0 Å². The number of piperidine rings is 1. The molecule has 0 radical (unpaired) electrons. The normalized spacial score (nSPS) is 15.1. The predicted molar refractivity (Wildman–Crippen MR) is 134 cm³/mol. The zero-order valence-corrected chi connectivity index (χ0v) is 20.9. The Kier molecular flexibility index (Phi) is 6.33. The molecule has 1 N–H and O–H groups in total. The molecule has 0 aliphatic carbocycles. The van der Waals surface area contributed by atoms with E-state index < -0.39 is 10.0 Å². The van der Waals surface area contributed by atoms with Crippen LogP contribution in [0.1, 0.15) is 37.3 Å². The molecule has 1 amide bonds. The van der Waals surface area contributed by atoms with E-state index in [1.807, 2.05) is 47.5 Å². The van der Waals surface area contributed by atoms with Crippen LogP contribution in [0, 0.1) is 0 Å². The molecule has 0 unspecified atom stereocenters. The second-order valence-corrected chi connectivity index (χ2v) is 11.0. The lowest BCUT2D eigenvalue weighted by molar-refractivity contribution is -0.121. The van der Waals surface area contributed by atoms with E-state index in [1.54, 1.807) is 22.5 Å². The summed E-state index contributed by atoms with van der Waals surface area (Å²) < 4.78 is 31.5. The SMILES string of the molecule is Cn1c(CCC(=O)NCc2nc3ccccc3n2C)nc2cc(S(=O)(=O)N3CCCCC3)ccc21. The van der Waals surface area contributed by atoms with Crippen LogP contribution < -0.4 is 5.32 Å². The fourth-order valence-electron chi connectivity index (χ4n) is 4.71. The molecular formula is C25H30N6O3S. The van der Waals surface area contributed by atoms with Gasteiger partial charge in [0.1, 0.15) is 11.6 Å². The summed E-state index contributed by atoms with van der Waals surface area (Å²) in [7, 11) is 0.312. The number of aromatic nitrogens is 4. The maximum Gasteiger partial charge on any atom is 0.243 e.